The van der Waals surface area contributed by atoms with Crippen molar-refractivity contribution in [3.63, 3.8) is 0 Å². The molecule has 1 aromatic carbocycles. The van der Waals surface area contributed by atoms with Gasteiger partial charge in [0, 0.05) is 17.4 Å². The minimum absolute atomic E-state index is 0.0694. The van der Waals surface area contributed by atoms with Crippen molar-refractivity contribution in [2.45, 2.75) is 10.4 Å². The standard InChI is InChI=1S/C11H13N3OS2/c1-15-10-5-3-2-4-8(10)9(12)6-16-11-14-13-7-17-11/h2-5,7,9H,6,12H2,1H3. The van der Waals surface area contributed by atoms with Crippen molar-refractivity contribution < 1.29 is 4.74 Å². The maximum atomic E-state index is 6.14. The van der Waals surface area contributed by atoms with Crippen molar-refractivity contribution in [3.05, 3.63) is 35.3 Å². The topological polar surface area (TPSA) is 61.0 Å². The zero-order valence-corrected chi connectivity index (χ0v) is 11.0. The maximum absolute atomic E-state index is 6.14. The van der Waals surface area contributed by atoms with Crippen LogP contribution >= 0.6 is 23.1 Å². The van der Waals surface area contributed by atoms with Gasteiger partial charge >= 0.3 is 0 Å². The first-order chi connectivity index (χ1) is 8.31. The van der Waals surface area contributed by atoms with E-state index in [9.17, 15) is 0 Å². The number of nitrogens with two attached hydrogens (primary N) is 1. The molecule has 0 aliphatic heterocycles. The Morgan fingerprint density at radius 1 is 1.47 bits per heavy atom. The summed E-state index contributed by atoms with van der Waals surface area (Å²) in [5.41, 5.74) is 8.88. The lowest BCUT2D eigenvalue weighted by Gasteiger charge is -2.14. The maximum Gasteiger partial charge on any atom is 0.174 e. The third-order valence-electron chi connectivity index (χ3n) is 2.26. The van der Waals surface area contributed by atoms with Gasteiger partial charge in [0.1, 0.15) is 11.3 Å². The highest BCUT2D eigenvalue weighted by Gasteiger charge is 2.12. The third-order valence-corrected chi connectivity index (χ3v) is 4.24. The molecule has 1 heterocycles. The highest BCUT2D eigenvalue weighted by molar-refractivity contribution is 8.01. The second-order valence-corrected chi connectivity index (χ2v) is 5.46. The summed E-state index contributed by atoms with van der Waals surface area (Å²) in [6, 6.07) is 7.75. The number of ether oxygens (including phenoxy) is 1. The molecule has 1 aromatic heterocycles. The van der Waals surface area contributed by atoms with Crippen molar-refractivity contribution in [3.8, 4) is 5.75 Å². The molecule has 0 fully saturated rings. The van der Waals surface area contributed by atoms with Crippen LogP contribution in [0.4, 0.5) is 0 Å². The Morgan fingerprint density at radius 3 is 3.00 bits per heavy atom. The summed E-state index contributed by atoms with van der Waals surface area (Å²) in [6.45, 7) is 0. The molecule has 90 valence electrons. The fourth-order valence-electron chi connectivity index (χ4n) is 1.45. The minimum atomic E-state index is -0.0694. The van der Waals surface area contributed by atoms with Gasteiger partial charge in [0.25, 0.3) is 0 Å². The molecular weight excluding hydrogens is 254 g/mol. The Hall–Kier alpha value is -1.11. The van der Waals surface area contributed by atoms with Crippen molar-refractivity contribution in [1.82, 2.24) is 10.2 Å². The van der Waals surface area contributed by atoms with E-state index in [0.29, 0.717) is 0 Å². The molecule has 0 spiro atoms. The van der Waals surface area contributed by atoms with Gasteiger partial charge in [-0.2, -0.15) is 0 Å². The van der Waals surface area contributed by atoms with E-state index in [4.69, 9.17) is 10.5 Å². The minimum Gasteiger partial charge on any atom is -0.496 e. The van der Waals surface area contributed by atoms with Gasteiger partial charge in [-0.05, 0) is 6.07 Å². The summed E-state index contributed by atoms with van der Waals surface area (Å²) in [4.78, 5) is 0. The predicted molar refractivity (Wildman–Crippen MR) is 70.6 cm³/mol. The predicted octanol–water partition coefficient (Wildman–Crippen LogP) is 2.34. The van der Waals surface area contributed by atoms with E-state index in [2.05, 4.69) is 10.2 Å². The van der Waals surface area contributed by atoms with Gasteiger partial charge in [-0.3, -0.25) is 0 Å². The second kappa shape index (κ2) is 6.00. The molecule has 0 radical (unpaired) electrons. The van der Waals surface area contributed by atoms with E-state index in [-0.39, 0.29) is 6.04 Å². The van der Waals surface area contributed by atoms with Gasteiger partial charge in [-0.25, -0.2) is 0 Å². The van der Waals surface area contributed by atoms with Crippen LogP contribution in [0.5, 0.6) is 5.75 Å². The number of methoxy groups -OCH3 is 1. The third kappa shape index (κ3) is 3.18. The smallest absolute Gasteiger partial charge is 0.174 e. The normalized spacial score (nSPS) is 12.4. The van der Waals surface area contributed by atoms with Crippen LogP contribution in [0, 0.1) is 0 Å². The zero-order valence-electron chi connectivity index (χ0n) is 9.37. The Morgan fingerprint density at radius 2 is 2.29 bits per heavy atom. The van der Waals surface area contributed by atoms with Crippen molar-refractivity contribution in [2.75, 3.05) is 12.9 Å². The first-order valence-electron chi connectivity index (χ1n) is 5.08. The van der Waals surface area contributed by atoms with Crippen molar-refractivity contribution in [1.29, 1.82) is 0 Å². The van der Waals surface area contributed by atoms with Crippen LogP contribution in [-0.2, 0) is 0 Å². The molecule has 0 aliphatic rings. The number of nitrogens with zero attached hydrogens (tertiary/aromatic N) is 2. The molecule has 2 rings (SSSR count). The summed E-state index contributed by atoms with van der Waals surface area (Å²) < 4.78 is 6.23. The number of aromatic nitrogens is 2. The number of benzene rings is 1. The Kier molecular flexibility index (Phi) is 4.36. The van der Waals surface area contributed by atoms with Gasteiger partial charge in [-0.15, -0.1) is 10.2 Å². The van der Waals surface area contributed by atoms with Gasteiger partial charge in [0.2, 0.25) is 0 Å². The van der Waals surface area contributed by atoms with Gasteiger partial charge < -0.3 is 10.5 Å². The molecule has 0 aliphatic carbocycles. The Labute approximate surface area is 108 Å². The van der Waals surface area contributed by atoms with Crippen LogP contribution in [-0.4, -0.2) is 23.1 Å². The molecule has 1 atom stereocenters. The quantitative estimate of drug-likeness (QED) is 0.843. The fraction of sp³-hybridized carbons (Fsp3) is 0.273. The number of para-hydroxylation sites is 1. The summed E-state index contributed by atoms with van der Waals surface area (Å²) in [6.07, 6.45) is 0. The zero-order chi connectivity index (χ0) is 12.1. The molecule has 2 N–H and O–H groups in total. The van der Waals surface area contributed by atoms with E-state index < -0.39 is 0 Å². The molecule has 17 heavy (non-hydrogen) atoms. The second-order valence-electron chi connectivity index (χ2n) is 3.36. The highest BCUT2D eigenvalue weighted by Crippen LogP contribution is 2.28. The van der Waals surface area contributed by atoms with Crippen LogP contribution < -0.4 is 10.5 Å². The molecule has 6 heteroatoms. The Balaban J connectivity index is 2.01. The largest absolute Gasteiger partial charge is 0.496 e. The van der Waals surface area contributed by atoms with E-state index in [0.717, 1.165) is 21.4 Å². The lowest BCUT2D eigenvalue weighted by molar-refractivity contribution is 0.407. The summed E-state index contributed by atoms with van der Waals surface area (Å²) in [5, 5.41) is 7.76. The van der Waals surface area contributed by atoms with E-state index >= 15 is 0 Å². The summed E-state index contributed by atoms with van der Waals surface area (Å²) in [7, 11) is 1.66. The molecule has 0 saturated heterocycles. The Bertz CT molecular complexity index is 461. The molecule has 0 amide bonds. The van der Waals surface area contributed by atoms with Gasteiger partial charge in [0.15, 0.2) is 4.34 Å². The molecule has 0 bridgehead atoms. The van der Waals surface area contributed by atoms with E-state index in [1.54, 1.807) is 24.4 Å². The van der Waals surface area contributed by atoms with Crippen LogP contribution in [0.1, 0.15) is 11.6 Å². The monoisotopic (exact) mass is 267 g/mol. The van der Waals surface area contributed by atoms with Gasteiger partial charge in [0.05, 0.1) is 7.11 Å². The first-order valence-corrected chi connectivity index (χ1v) is 6.95. The molecular formula is C11H13N3OS2. The number of rotatable bonds is 5. The van der Waals surface area contributed by atoms with E-state index in [1.807, 2.05) is 24.3 Å². The molecule has 1 unspecified atom stereocenters. The van der Waals surface area contributed by atoms with Crippen molar-refractivity contribution >= 4 is 23.1 Å². The first kappa shape index (κ1) is 12.3. The fourth-order valence-corrected chi connectivity index (χ4v) is 2.94. The van der Waals surface area contributed by atoms with Crippen molar-refractivity contribution in [2.24, 2.45) is 5.73 Å². The van der Waals surface area contributed by atoms with E-state index in [1.165, 1.54) is 11.3 Å². The average molecular weight is 267 g/mol. The molecule has 2 aromatic rings. The van der Waals surface area contributed by atoms with Crippen LogP contribution in [0.15, 0.2) is 34.1 Å². The van der Waals surface area contributed by atoms with Gasteiger partial charge in [-0.1, -0.05) is 41.3 Å². The number of hydrogen-bond acceptors (Lipinski definition) is 6. The highest BCUT2D eigenvalue weighted by atomic mass is 32.2. The lowest BCUT2D eigenvalue weighted by Crippen LogP contribution is -2.14. The summed E-state index contributed by atoms with van der Waals surface area (Å²) >= 11 is 3.14. The SMILES string of the molecule is COc1ccccc1C(N)CSc1nncs1. The summed E-state index contributed by atoms with van der Waals surface area (Å²) in [5.74, 6) is 1.59. The molecule has 0 saturated carbocycles. The number of thioether (sulfide) groups is 1. The van der Waals surface area contributed by atoms with Crippen LogP contribution in [0.3, 0.4) is 0 Å². The average Bonchev–Trinajstić information content (AvgIpc) is 2.89. The lowest BCUT2D eigenvalue weighted by atomic mass is 10.1. The molecule has 4 nitrogen and oxygen atoms in total. The van der Waals surface area contributed by atoms with Crippen LogP contribution in [0.2, 0.25) is 0 Å². The number of hydrogen-bond donors (Lipinski definition) is 1. The van der Waals surface area contributed by atoms with Crippen LogP contribution in [0.25, 0.3) is 0 Å².